The van der Waals surface area contributed by atoms with Crippen LogP contribution < -0.4 is 0 Å². The summed E-state index contributed by atoms with van der Waals surface area (Å²) in [4.78, 5) is 37.7. The van der Waals surface area contributed by atoms with Crippen LogP contribution in [0.5, 0.6) is 0 Å². The van der Waals surface area contributed by atoms with E-state index in [2.05, 4.69) is 35.6 Å². The zero-order chi connectivity index (χ0) is 27.4. The van der Waals surface area contributed by atoms with Gasteiger partial charge in [0, 0.05) is 19.1 Å². The Morgan fingerprint density at radius 1 is 0.829 bits per heavy atom. The van der Waals surface area contributed by atoms with Crippen LogP contribution in [-0.4, -0.2) is 107 Å². The Morgan fingerprint density at radius 2 is 1.31 bits per heavy atom. The SMILES string of the molecule is CCN(CC)CC1CCCN1C(=O)C1CCCCCN1C.O=C(O)C(F)(F)F.O=C(O)C(F)(F)F. The minimum atomic E-state index is -5.08. The van der Waals surface area contributed by atoms with Gasteiger partial charge in [-0.15, -0.1) is 0 Å². The fourth-order valence-corrected chi connectivity index (χ4v) is 3.85. The molecule has 2 saturated heterocycles. The Labute approximate surface area is 200 Å². The quantitative estimate of drug-likeness (QED) is 0.533. The van der Waals surface area contributed by atoms with E-state index in [1.807, 2.05) is 0 Å². The standard InChI is InChI=1S/C17H33N3O.2C2HF3O2/c1-4-19(5-2)14-15-10-9-13-20(15)17(21)16-11-7-6-8-12-18(16)3;2*3-2(4,5)1(6)7/h15-16H,4-14H2,1-3H3;2*(H,6,7). The third-order valence-corrected chi connectivity index (χ3v) is 5.81. The molecule has 2 N–H and O–H groups in total. The second-order valence-electron chi connectivity index (χ2n) is 8.27. The number of carboxylic acids is 2. The molecule has 2 unspecified atom stereocenters. The van der Waals surface area contributed by atoms with Gasteiger partial charge in [0.15, 0.2) is 0 Å². The lowest BCUT2D eigenvalue weighted by Gasteiger charge is -2.34. The molecular formula is C21H35F6N3O5. The summed E-state index contributed by atoms with van der Waals surface area (Å²) in [6.07, 6.45) is -3.05. The van der Waals surface area contributed by atoms with Crippen molar-refractivity contribution in [1.29, 1.82) is 0 Å². The van der Waals surface area contributed by atoms with Crippen molar-refractivity contribution >= 4 is 17.8 Å². The van der Waals surface area contributed by atoms with Crippen molar-refractivity contribution in [2.45, 2.75) is 76.8 Å². The number of hydrogen-bond donors (Lipinski definition) is 2. The van der Waals surface area contributed by atoms with E-state index in [0.29, 0.717) is 11.9 Å². The summed E-state index contributed by atoms with van der Waals surface area (Å²) in [5.41, 5.74) is 0. The molecule has 14 heteroatoms. The van der Waals surface area contributed by atoms with E-state index in [9.17, 15) is 31.1 Å². The number of carbonyl (C=O) groups excluding carboxylic acids is 1. The van der Waals surface area contributed by atoms with Gasteiger partial charge >= 0.3 is 24.3 Å². The van der Waals surface area contributed by atoms with Crippen LogP contribution >= 0.6 is 0 Å². The lowest BCUT2D eigenvalue weighted by molar-refractivity contribution is -0.193. The molecule has 2 fully saturated rings. The largest absolute Gasteiger partial charge is 0.490 e. The molecule has 0 aromatic heterocycles. The Balaban J connectivity index is 0.000000680. The number of carbonyl (C=O) groups is 3. The predicted octanol–water partition coefficient (Wildman–Crippen LogP) is 3.46. The maximum Gasteiger partial charge on any atom is 0.490 e. The highest BCUT2D eigenvalue weighted by Gasteiger charge is 2.39. The molecule has 2 heterocycles. The van der Waals surface area contributed by atoms with Gasteiger partial charge in [-0.1, -0.05) is 26.7 Å². The number of alkyl halides is 6. The van der Waals surface area contributed by atoms with Crippen LogP contribution in [0.4, 0.5) is 26.3 Å². The molecule has 2 atom stereocenters. The van der Waals surface area contributed by atoms with Crippen molar-refractivity contribution in [3.63, 3.8) is 0 Å². The predicted molar refractivity (Wildman–Crippen MR) is 115 cm³/mol. The molecule has 2 aliphatic rings. The molecule has 206 valence electrons. The molecule has 0 bridgehead atoms. The number of halogens is 6. The van der Waals surface area contributed by atoms with Gasteiger partial charge in [0.05, 0.1) is 6.04 Å². The first-order valence-corrected chi connectivity index (χ1v) is 11.4. The molecule has 0 aliphatic carbocycles. The smallest absolute Gasteiger partial charge is 0.475 e. The van der Waals surface area contributed by atoms with Crippen LogP contribution in [0.25, 0.3) is 0 Å². The lowest BCUT2D eigenvalue weighted by Crippen LogP contribution is -2.51. The Hall–Kier alpha value is -2.09. The van der Waals surface area contributed by atoms with E-state index in [-0.39, 0.29) is 6.04 Å². The molecular weight excluding hydrogens is 488 g/mol. The molecule has 0 aromatic carbocycles. The van der Waals surface area contributed by atoms with Crippen LogP contribution in [0.1, 0.15) is 52.4 Å². The number of carboxylic acid groups (broad SMARTS) is 2. The van der Waals surface area contributed by atoms with Crippen molar-refractivity contribution in [2.75, 3.05) is 39.8 Å². The number of rotatable bonds is 5. The fourth-order valence-electron chi connectivity index (χ4n) is 3.85. The third kappa shape index (κ3) is 12.4. The number of likely N-dealkylation sites (N-methyl/N-ethyl adjacent to an activating group) is 2. The van der Waals surface area contributed by atoms with Crippen molar-refractivity contribution < 1.29 is 50.9 Å². The molecule has 2 rings (SSSR count). The van der Waals surface area contributed by atoms with E-state index < -0.39 is 24.3 Å². The van der Waals surface area contributed by atoms with Crippen molar-refractivity contribution in [3.8, 4) is 0 Å². The molecule has 2 aliphatic heterocycles. The molecule has 0 radical (unpaired) electrons. The summed E-state index contributed by atoms with van der Waals surface area (Å²) in [6, 6.07) is 0.568. The Morgan fingerprint density at radius 3 is 1.74 bits per heavy atom. The average molecular weight is 524 g/mol. The number of amides is 1. The normalized spacial score (nSPS) is 21.4. The van der Waals surface area contributed by atoms with Crippen LogP contribution in [0.15, 0.2) is 0 Å². The zero-order valence-corrected chi connectivity index (χ0v) is 20.2. The Bertz CT molecular complexity index is 647. The number of hydrogen-bond acceptors (Lipinski definition) is 5. The van der Waals surface area contributed by atoms with Crippen LogP contribution in [0.2, 0.25) is 0 Å². The van der Waals surface area contributed by atoms with Crippen LogP contribution in [-0.2, 0) is 14.4 Å². The minimum Gasteiger partial charge on any atom is -0.475 e. The average Bonchev–Trinajstić information content (AvgIpc) is 3.10. The van der Waals surface area contributed by atoms with E-state index in [4.69, 9.17) is 19.8 Å². The summed E-state index contributed by atoms with van der Waals surface area (Å²) in [5, 5.41) is 14.2. The number of nitrogens with zero attached hydrogens (tertiary/aromatic N) is 3. The van der Waals surface area contributed by atoms with Gasteiger partial charge in [-0.05, 0) is 52.4 Å². The summed E-state index contributed by atoms with van der Waals surface area (Å²) in [7, 11) is 2.13. The van der Waals surface area contributed by atoms with Gasteiger partial charge in [-0.25, -0.2) is 9.59 Å². The molecule has 0 spiro atoms. The molecule has 1 amide bonds. The highest BCUT2D eigenvalue weighted by Crippen LogP contribution is 2.24. The van der Waals surface area contributed by atoms with Gasteiger partial charge in [-0.2, -0.15) is 26.3 Å². The van der Waals surface area contributed by atoms with Gasteiger partial charge < -0.3 is 20.0 Å². The fraction of sp³-hybridized carbons (Fsp3) is 0.857. The second-order valence-corrected chi connectivity index (χ2v) is 8.27. The van der Waals surface area contributed by atoms with Crippen molar-refractivity contribution in [2.24, 2.45) is 0 Å². The van der Waals surface area contributed by atoms with Crippen LogP contribution in [0.3, 0.4) is 0 Å². The highest BCUT2D eigenvalue weighted by atomic mass is 19.4. The summed E-state index contributed by atoms with van der Waals surface area (Å²) in [6.45, 7) is 9.68. The van der Waals surface area contributed by atoms with Gasteiger partial charge in [0.1, 0.15) is 0 Å². The molecule has 0 saturated carbocycles. The minimum absolute atomic E-state index is 0.129. The third-order valence-electron chi connectivity index (χ3n) is 5.81. The maximum absolute atomic E-state index is 13.0. The molecule has 8 nitrogen and oxygen atoms in total. The van der Waals surface area contributed by atoms with E-state index in [1.165, 1.54) is 32.1 Å². The van der Waals surface area contributed by atoms with Gasteiger partial charge in [0.25, 0.3) is 0 Å². The summed E-state index contributed by atoms with van der Waals surface area (Å²) < 4.78 is 63.5. The molecule has 0 aromatic rings. The topological polar surface area (TPSA) is 101 Å². The molecule has 35 heavy (non-hydrogen) atoms. The first-order chi connectivity index (χ1) is 16.1. The van der Waals surface area contributed by atoms with E-state index in [0.717, 1.165) is 39.1 Å². The van der Waals surface area contributed by atoms with Gasteiger partial charge in [-0.3, -0.25) is 9.69 Å². The number of aliphatic carboxylic acids is 2. The van der Waals surface area contributed by atoms with E-state index in [1.54, 1.807) is 0 Å². The first-order valence-electron chi connectivity index (χ1n) is 11.4. The zero-order valence-electron chi connectivity index (χ0n) is 20.2. The van der Waals surface area contributed by atoms with Crippen molar-refractivity contribution in [1.82, 2.24) is 14.7 Å². The van der Waals surface area contributed by atoms with Gasteiger partial charge in [0.2, 0.25) is 5.91 Å². The lowest BCUT2D eigenvalue weighted by atomic mass is 10.1. The Kier molecular flexibility index (Phi) is 14.2. The number of likely N-dealkylation sites (tertiary alicyclic amines) is 2. The first kappa shape index (κ1) is 32.9. The van der Waals surface area contributed by atoms with Crippen LogP contribution in [0, 0.1) is 0 Å². The van der Waals surface area contributed by atoms with E-state index >= 15 is 0 Å². The second kappa shape index (κ2) is 15.1. The monoisotopic (exact) mass is 523 g/mol. The summed E-state index contributed by atoms with van der Waals surface area (Å²) in [5.74, 6) is -5.12. The summed E-state index contributed by atoms with van der Waals surface area (Å²) >= 11 is 0. The van der Waals surface area contributed by atoms with Crippen molar-refractivity contribution in [3.05, 3.63) is 0 Å². The maximum atomic E-state index is 13.0. The highest BCUT2D eigenvalue weighted by molar-refractivity contribution is 5.82.